The van der Waals surface area contributed by atoms with E-state index in [2.05, 4.69) is 4.74 Å². The number of aryl methyl sites for hydroxylation is 1. The molecule has 0 atom stereocenters. The van der Waals surface area contributed by atoms with Crippen molar-refractivity contribution >= 4 is 11.9 Å². The van der Waals surface area contributed by atoms with Crippen LogP contribution in [0.2, 0.25) is 0 Å². The van der Waals surface area contributed by atoms with E-state index in [1.165, 1.54) is 30.3 Å². The number of hydrogen-bond acceptors (Lipinski definition) is 4. The Kier molecular flexibility index (Phi) is 5.59. The predicted octanol–water partition coefficient (Wildman–Crippen LogP) is 3.39. The van der Waals surface area contributed by atoms with Gasteiger partial charge in [-0.3, -0.25) is 9.59 Å². The number of aliphatic carboxylic acids is 1. The van der Waals surface area contributed by atoms with Crippen molar-refractivity contribution in [3.63, 3.8) is 0 Å². The number of alkyl halides is 3. The highest BCUT2D eigenvalue weighted by Crippen LogP contribution is 2.24. The van der Waals surface area contributed by atoms with Crippen molar-refractivity contribution in [1.29, 1.82) is 0 Å². The minimum Gasteiger partial charge on any atom is -0.481 e. The van der Waals surface area contributed by atoms with Gasteiger partial charge in [-0.25, -0.2) is 0 Å². The number of carbonyl (C=O) groups excluding carboxylic acids is 1. The highest BCUT2D eigenvalue weighted by molar-refractivity contribution is 5.97. The molecule has 6 nitrogen and oxygen atoms in total. The number of carbonyl (C=O) groups is 2. The number of amides is 1. The lowest BCUT2D eigenvalue weighted by Crippen LogP contribution is -2.27. The lowest BCUT2D eigenvalue weighted by molar-refractivity contribution is -0.274. The molecule has 140 valence electrons. The van der Waals surface area contributed by atoms with E-state index in [1.807, 2.05) is 0 Å². The number of carboxylic acid groups (broad SMARTS) is 1. The Bertz CT molecular complexity index is 796. The molecule has 1 N–H and O–H groups in total. The molecule has 0 aliphatic heterocycles. The van der Waals surface area contributed by atoms with Gasteiger partial charge in [-0.05, 0) is 24.6 Å². The van der Waals surface area contributed by atoms with Gasteiger partial charge >= 0.3 is 12.3 Å². The highest BCUT2D eigenvalue weighted by atomic mass is 19.4. The monoisotopic (exact) mass is 371 g/mol. The van der Waals surface area contributed by atoms with E-state index in [0.717, 1.165) is 12.1 Å². The van der Waals surface area contributed by atoms with Crippen LogP contribution in [0.25, 0.3) is 0 Å². The first kappa shape index (κ1) is 19.4. The van der Waals surface area contributed by atoms with Crippen LogP contribution in [0.3, 0.4) is 0 Å². The van der Waals surface area contributed by atoms with E-state index >= 15 is 0 Å². The van der Waals surface area contributed by atoms with Crippen LogP contribution < -0.4 is 4.74 Å². The third-order valence-electron chi connectivity index (χ3n) is 3.50. The zero-order chi connectivity index (χ0) is 19.5. The zero-order valence-corrected chi connectivity index (χ0v) is 14.0. The number of furan rings is 1. The number of carboxylic acids is 1. The molecule has 26 heavy (non-hydrogen) atoms. The average Bonchev–Trinajstić information content (AvgIpc) is 2.87. The quantitative estimate of drug-likeness (QED) is 0.842. The third kappa shape index (κ3) is 5.01. The molecule has 1 aromatic heterocycles. The van der Waals surface area contributed by atoms with Crippen LogP contribution in [0, 0.1) is 6.92 Å². The number of hydrogen-bond donors (Lipinski definition) is 1. The average molecular weight is 371 g/mol. The molecular weight excluding hydrogens is 355 g/mol. The maximum atomic E-state index is 12.6. The summed E-state index contributed by atoms with van der Waals surface area (Å²) in [6, 6.07) is 5.12. The Morgan fingerprint density at radius 1 is 1.23 bits per heavy atom. The van der Waals surface area contributed by atoms with Crippen molar-refractivity contribution in [1.82, 2.24) is 4.90 Å². The first-order chi connectivity index (χ1) is 12.1. The fraction of sp³-hybridized carbons (Fsp3) is 0.294. The molecule has 1 aromatic carbocycles. The van der Waals surface area contributed by atoms with Crippen molar-refractivity contribution in [3.8, 4) is 5.75 Å². The molecule has 0 fully saturated rings. The summed E-state index contributed by atoms with van der Waals surface area (Å²) in [6.45, 7) is 1.74. The number of rotatable bonds is 6. The molecule has 0 unspecified atom stereocenters. The van der Waals surface area contributed by atoms with Crippen LogP contribution in [0.5, 0.6) is 5.75 Å². The van der Waals surface area contributed by atoms with Gasteiger partial charge in [-0.15, -0.1) is 13.2 Å². The van der Waals surface area contributed by atoms with E-state index in [0.29, 0.717) is 11.1 Å². The lowest BCUT2D eigenvalue weighted by Gasteiger charge is -2.18. The third-order valence-corrected chi connectivity index (χ3v) is 3.50. The summed E-state index contributed by atoms with van der Waals surface area (Å²) in [5.41, 5.74) is 1.26. The normalized spacial score (nSPS) is 11.3. The maximum absolute atomic E-state index is 12.6. The molecule has 0 saturated carbocycles. The van der Waals surface area contributed by atoms with Gasteiger partial charge in [-0.1, -0.05) is 12.1 Å². The van der Waals surface area contributed by atoms with Gasteiger partial charge in [0.05, 0.1) is 11.8 Å². The van der Waals surface area contributed by atoms with Gasteiger partial charge < -0.3 is 19.2 Å². The summed E-state index contributed by atoms with van der Waals surface area (Å²) >= 11 is 0. The van der Waals surface area contributed by atoms with E-state index in [-0.39, 0.29) is 23.6 Å². The number of ether oxygens (including phenoxy) is 1. The summed E-state index contributed by atoms with van der Waals surface area (Å²) in [5.74, 6) is -1.87. The Balaban J connectivity index is 2.10. The fourth-order valence-corrected chi connectivity index (χ4v) is 2.39. The summed E-state index contributed by atoms with van der Waals surface area (Å²) in [4.78, 5) is 24.8. The summed E-state index contributed by atoms with van der Waals surface area (Å²) < 4.78 is 45.4. The second-order valence-corrected chi connectivity index (χ2v) is 5.64. The van der Waals surface area contributed by atoms with E-state index < -0.39 is 24.7 Å². The van der Waals surface area contributed by atoms with Crippen molar-refractivity contribution < 1.29 is 37.0 Å². The molecule has 0 aliphatic rings. The Morgan fingerprint density at radius 2 is 1.85 bits per heavy atom. The first-order valence-electron chi connectivity index (χ1n) is 7.45. The van der Waals surface area contributed by atoms with Gasteiger partial charge in [0.1, 0.15) is 17.9 Å². The van der Waals surface area contributed by atoms with Gasteiger partial charge in [0.15, 0.2) is 0 Å². The maximum Gasteiger partial charge on any atom is 0.573 e. The molecule has 2 aromatic rings. The van der Waals surface area contributed by atoms with Gasteiger partial charge in [0.2, 0.25) is 0 Å². The number of nitrogens with zero attached hydrogens (tertiary/aromatic N) is 1. The molecule has 0 bridgehead atoms. The molecule has 9 heteroatoms. The molecule has 0 saturated heterocycles. The topological polar surface area (TPSA) is 80.0 Å². The largest absolute Gasteiger partial charge is 0.573 e. The molecule has 0 spiro atoms. The van der Waals surface area contributed by atoms with Crippen LogP contribution in [-0.4, -0.2) is 35.3 Å². The summed E-state index contributed by atoms with van der Waals surface area (Å²) in [7, 11) is 1.50. The van der Waals surface area contributed by atoms with Crippen molar-refractivity contribution in [3.05, 3.63) is 53.0 Å². The first-order valence-corrected chi connectivity index (χ1v) is 7.45. The van der Waals surface area contributed by atoms with Crippen LogP contribution in [0.1, 0.15) is 27.2 Å². The van der Waals surface area contributed by atoms with Gasteiger partial charge in [0.25, 0.3) is 5.91 Å². The molecule has 0 radical (unpaired) electrons. The standard InChI is InChI=1S/C17H16F3NO5/c1-10-9-25-13(7-14(22)23)15(10)16(24)21(2)8-11-3-5-12(6-4-11)26-17(18,19)20/h3-6,9H,7-8H2,1-2H3,(H,22,23). The number of halogens is 3. The highest BCUT2D eigenvalue weighted by Gasteiger charge is 2.31. The van der Waals surface area contributed by atoms with E-state index in [4.69, 9.17) is 9.52 Å². The zero-order valence-electron chi connectivity index (χ0n) is 14.0. The van der Waals surface area contributed by atoms with Crippen molar-refractivity contribution in [2.45, 2.75) is 26.3 Å². The predicted molar refractivity (Wildman–Crippen MR) is 83.7 cm³/mol. The van der Waals surface area contributed by atoms with Gasteiger partial charge in [0, 0.05) is 19.2 Å². The van der Waals surface area contributed by atoms with E-state index in [9.17, 15) is 22.8 Å². The molecular formula is C17H16F3NO5. The molecule has 2 rings (SSSR count). The molecule has 1 heterocycles. The van der Waals surface area contributed by atoms with Crippen LogP contribution >= 0.6 is 0 Å². The van der Waals surface area contributed by atoms with Crippen LogP contribution in [0.4, 0.5) is 13.2 Å². The van der Waals surface area contributed by atoms with Crippen molar-refractivity contribution in [2.24, 2.45) is 0 Å². The SMILES string of the molecule is Cc1coc(CC(=O)O)c1C(=O)N(C)Cc1ccc(OC(F)(F)F)cc1. The minimum absolute atomic E-state index is 0.0563. The second kappa shape index (κ2) is 7.51. The van der Waals surface area contributed by atoms with Crippen LogP contribution in [0.15, 0.2) is 34.9 Å². The Morgan fingerprint density at radius 3 is 2.38 bits per heavy atom. The summed E-state index contributed by atoms with van der Waals surface area (Å²) in [5, 5.41) is 8.89. The van der Waals surface area contributed by atoms with Crippen molar-refractivity contribution in [2.75, 3.05) is 7.05 Å². The number of benzene rings is 1. The second-order valence-electron chi connectivity index (χ2n) is 5.64. The molecule has 0 aliphatic carbocycles. The lowest BCUT2D eigenvalue weighted by atomic mass is 10.1. The fourth-order valence-electron chi connectivity index (χ4n) is 2.39. The Labute approximate surface area is 146 Å². The van der Waals surface area contributed by atoms with Gasteiger partial charge in [-0.2, -0.15) is 0 Å². The Hall–Kier alpha value is -2.97. The van der Waals surface area contributed by atoms with Crippen LogP contribution in [-0.2, 0) is 17.8 Å². The smallest absolute Gasteiger partial charge is 0.481 e. The summed E-state index contributed by atoms with van der Waals surface area (Å²) in [6.07, 6.45) is -3.89. The van der Waals surface area contributed by atoms with E-state index in [1.54, 1.807) is 6.92 Å². The molecule has 1 amide bonds. The minimum atomic E-state index is -4.77.